The molecule has 0 amide bonds. The van der Waals surface area contributed by atoms with Crippen LogP contribution >= 0.6 is 0 Å². The van der Waals surface area contributed by atoms with E-state index in [1.165, 1.54) is 33.2 Å². The van der Waals surface area contributed by atoms with Crippen LogP contribution in [0.4, 0.5) is 4.39 Å². The zero-order chi connectivity index (χ0) is 35.8. The van der Waals surface area contributed by atoms with Gasteiger partial charge in [0.2, 0.25) is 0 Å². The number of aromatic nitrogens is 4. The summed E-state index contributed by atoms with van der Waals surface area (Å²) in [5, 5.41) is 2.29. The van der Waals surface area contributed by atoms with Gasteiger partial charge in [-0.25, -0.2) is 14.4 Å². The molecule has 0 saturated heterocycles. The van der Waals surface area contributed by atoms with Crippen molar-refractivity contribution < 1.29 is 4.39 Å². The number of alkyl halides is 1. The van der Waals surface area contributed by atoms with Gasteiger partial charge in [0.05, 0.1) is 16.6 Å². The largest absolute Gasteiger partial charge is 0.327 e. The first-order valence-electron chi connectivity index (χ1n) is 18.2. The minimum Gasteiger partial charge on any atom is -0.327 e. The molecule has 6 aromatic carbocycles. The van der Waals surface area contributed by atoms with Gasteiger partial charge in [-0.2, -0.15) is 0 Å². The number of pyridine rings is 1. The lowest BCUT2D eigenvalue weighted by Gasteiger charge is -2.40. The van der Waals surface area contributed by atoms with E-state index < -0.39 is 6.17 Å². The van der Waals surface area contributed by atoms with Crippen molar-refractivity contribution in [2.24, 2.45) is 7.05 Å². The number of aryl methyl sites for hydroxylation is 1. The van der Waals surface area contributed by atoms with Crippen LogP contribution in [-0.2, 0) is 12.5 Å². The van der Waals surface area contributed by atoms with Gasteiger partial charge in [-0.05, 0) is 87.5 Å². The highest BCUT2D eigenvalue weighted by Crippen LogP contribution is 2.53. The molecule has 1 aliphatic carbocycles. The Balaban J connectivity index is 1.13. The van der Waals surface area contributed by atoms with Crippen molar-refractivity contribution in [2.75, 3.05) is 0 Å². The predicted octanol–water partition coefficient (Wildman–Crippen LogP) is 11.6. The van der Waals surface area contributed by atoms with E-state index in [1.54, 1.807) is 0 Å². The molecule has 2 atom stereocenters. The molecule has 256 valence electrons. The molecule has 0 fully saturated rings. The van der Waals surface area contributed by atoms with E-state index in [0.29, 0.717) is 11.1 Å². The van der Waals surface area contributed by atoms with Crippen LogP contribution < -0.4 is 0 Å². The Hall–Kier alpha value is -6.33. The fourth-order valence-electron chi connectivity index (χ4n) is 9.00. The number of fused-ring (bicyclic) bond motifs is 7. The summed E-state index contributed by atoms with van der Waals surface area (Å²) in [6.07, 6.45) is 0.520. The summed E-state index contributed by atoms with van der Waals surface area (Å²) in [7, 11) is 2.01. The molecule has 0 spiro atoms. The topological polar surface area (TPSA) is 35.6 Å². The number of rotatable bonds is 5. The number of nitrogens with zero attached hydrogens (tertiary/aromatic N) is 4. The molecule has 2 unspecified atom stereocenters. The van der Waals surface area contributed by atoms with Gasteiger partial charge >= 0.3 is 0 Å². The molecule has 9 aromatic rings. The molecule has 53 heavy (non-hydrogen) atoms. The van der Waals surface area contributed by atoms with E-state index in [9.17, 15) is 0 Å². The molecule has 3 heterocycles. The minimum atomic E-state index is -1.33. The first-order chi connectivity index (χ1) is 25.9. The van der Waals surface area contributed by atoms with Crippen molar-refractivity contribution in [3.8, 4) is 17.1 Å². The van der Waals surface area contributed by atoms with Crippen molar-refractivity contribution in [3.63, 3.8) is 0 Å². The van der Waals surface area contributed by atoms with Crippen LogP contribution in [0.15, 0.2) is 158 Å². The summed E-state index contributed by atoms with van der Waals surface area (Å²) in [6, 6.07) is 52.1. The van der Waals surface area contributed by atoms with E-state index in [-0.39, 0.29) is 11.3 Å². The van der Waals surface area contributed by atoms with Crippen LogP contribution in [0.3, 0.4) is 0 Å². The summed E-state index contributed by atoms with van der Waals surface area (Å²) in [5.41, 5.74) is 13.1. The van der Waals surface area contributed by atoms with Crippen molar-refractivity contribution in [1.29, 1.82) is 0 Å². The van der Waals surface area contributed by atoms with E-state index in [4.69, 9.17) is 9.97 Å². The fraction of sp³-hybridized carbons (Fsp3) is 0.125. The van der Waals surface area contributed by atoms with Gasteiger partial charge in [0.15, 0.2) is 6.17 Å². The third-order valence-electron chi connectivity index (χ3n) is 11.4. The Kier molecular flexibility index (Phi) is 7.03. The van der Waals surface area contributed by atoms with Gasteiger partial charge in [0.1, 0.15) is 11.5 Å². The molecule has 5 heteroatoms. The second-order valence-corrected chi connectivity index (χ2v) is 14.8. The fourth-order valence-corrected chi connectivity index (χ4v) is 9.00. The number of imidazole rings is 1. The highest BCUT2D eigenvalue weighted by atomic mass is 19.1. The van der Waals surface area contributed by atoms with Crippen LogP contribution in [0.5, 0.6) is 0 Å². The van der Waals surface area contributed by atoms with E-state index >= 15 is 4.39 Å². The number of benzene rings is 6. The van der Waals surface area contributed by atoms with Crippen molar-refractivity contribution >= 4 is 33.0 Å². The quantitative estimate of drug-likeness (QED) is 0.180. The van der Waals surface area contributed by atoms with E-state index in [2.05, 4.69) is 108 Å². The first-order valence-corrected chi connectivity index (χ1v) is 18.2. The van der Waals surface area contributed by atoms with Crippen LogP contribution in [0.1, 0.15) is 64.9 Å². The van der Waals surface area contributed by atoms with Crippen LogP contribution in [0.2, 0.25) is 0 Å². The lowest BCUT2D eigenvalue weighted by molar-refractivity contribution is 0.402. The zero-order valence-corrected chi connectivity index (χ0v) is 29.8. The van der Waals surface area contributed by atoms with Crippen molar-refractivity contribution in [3.05, 3.63) is 197 Å². The van der Waals surface area contributed by atoms with Crippen LogP contribution in [0, 0.1) is 0 Å². The molecular weight excluding hydrogens is 652 g/mol. The third kappa shape index (κ3) is 4.73. The van der Waals surface area contributed by atoms with Gasteiger partial charge in [-0.15, -0.1) is 0 Å². The van der Waals surface area contributed by atoms with Gasteiger partial charge in [-0.3, -0.25) is 4.57 Å². The Labute approximate surface area is 307 Å². The van der Waals surface area contributed by atoms with Crippen LogP contribution in [-0.4, -0.2) is 19.1 Å². The van der Waals surface area contributed by atoms with Crippen molar-refractivity contribution in [1.82, 2.24) is 19.1 Å². The maximum absolute atomic E-state index is 16.7. The summed E-state index contributed by atoms with van der Waals surface area (Å²) in [5.74, 6) is 0.916. The summed E-state index contributed by atoms with van der Waals surface area (Å²) >= 11 is 0. The average molecular weight is 689 g/mol. The zero-order valence-electron chi connectivity index (χ0n) is 29.8. The molecule has 0 radical (unpaired) electrons. The maximum atomic E-state index is 16.7. The van der Waals surface area contributed by atoms with Gasteiger partial charge < -0.3 is 4.57 Å². The normalized spacial score (nSPS) is 15.4. The summed E-state index contributed by atoms with van der Waals surface area (Å²) < 4.78 is 21.0. The summed E-state index contributed by atoms with van der Waals surface area (Å²) in [4.78, 5) is 9.84. The number of hydrogen-bond donors (Lipinski definition) is 0. The van der Waals surface area contributed by atoms with Gasteiger partial charge in [0.25, 0.3) is 0 Å². The van der Waals surface area contributed by atoms with E-state index in [1.807, 2.05) is 80.0 Å². The maximum Gasteiger partial charge on any atom is 0.150 e. The molecule has 1 aliphatic rings. The lowest BCUT2D eigenvalue weighted by Crippen LogP contribution is -2.30. The predicted molar refractivity (Wildman–Crippen MR) is 214 cm³/mol. The van der Waals surface area contributed by atoms with E-state index in [0.717, 1.165) is 44.7 Å². The Morgan fingerprint density at radius 2 is 1.43 bits per heavy atom. The second-order valence-electron chi connectivity index (χ2n) is 14.8. The molecule has 4 nitrogen and oxygen atoms in total. The third-order valence-corrected chi connectivity index (χ3v) is 11.4. The SMILES string of the molecule is Cn1c(-c2cccc(C(F)c3cccc(-n4c5ccc6c(c5c5cccnc54)C(C)(C)c4ccccc4C6c4ccccc4)c3)c2)nc2ccccc21. The molecule has 10 rings (SSSR count). The smallest absolute Gasteiger partial charge is 0.150 e. The highest BCUT2D eigenvalue weighted by molar-refractivity contribution is 6.11. The molecule has 3 aromatic heterocycles. The molecule has 0 bridgehead atoms. The Morgan fingerprint density at radius 1 is 0.679 bits per heavy atom. The first kappa shape index (κ1) is 31.4. The lowest BCUT2D eigenvalue weighted by atomic mass is 9.63. The Morgan fingerprint density at radius 3 is 2.28 bits per heavy atom. The number of hydrogen-bond acceptors (Lipinski definition) is 2. The molecule has 0 aliphatic heterocycles. The highest BCUT2D eigenvalue weighted by Gasteiger charge is 2.40. The average Bonchev–Trinajstić information content (AvgIpc) is 3.72. The van der Waals surface area contributed by atoms with Crippen molar-refractivity contribution in [2.45, 2.75) is 31.4 Å². The Bertz CT molecular complexity index is 2860. The van der Waals surface area contributed by atoms with Crippen LogP contribution in [0.25, 0.3) is 50.0 Å². The number of halogens is 1. The standard InChI is InChI=1S/C48H37FN4/c1-48(2)38-22-8-7-20-35(38)42(30-14-5-4-6-15-30)36-25-26-41-43(44(36)48)37-21-13-27-50-47(37)53(41)34-19-12-17-32(29-34)45(49)31-16-11-18-33(28-31)46-51-39-23-9-10-24-40(39)52(46)3/h4-29,42,45H,1-3H3. The molecular formula is C48H37FN4. The second kappa shape index (κ2) is 11.9. The molecule has 0 N–H and O–H groups in total. The number of para-hydroxylation sites is 2. The summed E-state index contributed by atoms with van der Waals surface area (Å²) in [6.45, 7) is 4.70. The monoisotopic (exact) mass is 688 g/mol. The van der Waals surface area contributed by atoms with Gasteiger partial charge in [0, 0.05) is 46.6 Å². The minimum absolute atomic E-state index is 0.102. The molecule has 0 saturated carbocycles. The van der Waals surface area contributed by atoms with Gasteiger partial charge in [-0.1, -0.05) is 117 Å².